The Morgan fingerprint density at radius 3 is 3.00 bits per heavy atom. The number of nitrogens with two attached hydrogens (primary N) is 1. The summed E-state index contributed by atoms with van der Waals surface area (Å²) in [5, 5.41) is 0. The molecule has 58 valence electrons. The summed E-state index contributed by atoms with van der Waals surface area (Å²) < 4.78 is 0. The van der Waals surface area contributed by atoms with Crippen LogP contribution in [0.25, 0.3) is 0 Å². The Hall–Kier alpha value is -1.58. The van der Waals surface area contributed by atoms with Crippen molar-refractivity contribution >= 4 is 18.2 Å². The van der Waals surface area contributed by atoms with Crippen molar-refractivity contribution in [2.45, 2.75) is 0 Å². The van der Waals surface area contributed by atoms with Gasteiger partial charge in [0.15, 0.2) is 0 Å². The second-order valence-electron chi connectivity index (χ2n) is 2.00. The van der Waals surface area contributed by atoms with Crippen molar-refractivity contribution in [2.24, 2.45) is 15.7 Å². The fourth-order valence-electron chi connectivity index (χ4n) is 0.810. The first-order chi connectivity index (χ1) is 5.29. The largest absolute Gasteiger partial charge is 0.382 e. The SMILES string of the molecule is C=Nc1cc[nH]c1/C(N)=N\C. The normalized spacial score (nSPS) is 11.5. The first-order valence-electron chi connectivity index (χ1n) is 3.16. The number of nitrogens with one attached hydrogen (secondary N) is 1. The number of H-pyrrole nitrogens is 1. The quantitative estimate of drug-likeness (QED) is 0.472. The smallest absolute Gasteiger partial charge is 0.144 e. The third-order valence-electron chi connectivity index (χ3n) is 1.39. The molecule has 0 aliphatic rings. The minimum atomic E-state index is 0.442. The van der Waals surface area contributed by atoms with Crippen molar-refractivity contribution in [3.63, 3.8) is 0 Å². The molecule has 0 saturated carbocycles. The van der Waals surface area contributed by atoms with Gasteiger partial charge in [-0.1, -0.05) is 0 Å². The van der Waals surface area contributed by atoms with E-state index in [9.17, 15) is 0 Å². The Morgan fingerprint density at radius 2 is 2.45 bits per heavy atom. The summed E-state index contributed by atoms with van der Waals surface area (Å²) in [5.41, 5.74) is 7.00. The second kappa shape index (κ2) is 3.01. The van der Waals surface area contributed by atoms with Crippen LogP contribution in [0.2, 0.25) is 0 Å². The Balaban J connectivity index is 3.12. The van der Waals surface area contributed by atoms with E-state index in [4.69, 9.17) is 5.73 Å². The average molecular weight is 150 g/mol. The maximum atomic E-state index is 5.55. The fraction of sp³-hybridized carbons (Fsp3) is 0.143. The van der Waals surface area contributed by atoms with Crippen molar-refractivity contribution in [2.75, 3.05) is 7.05 Å². The Kier molecular flexibility index (Phi) is 2.06. The van der Waals surface area contributed by atoms with Crippen LogP contribution in [0.1, 0.15) is 5.69 Å². The molecule has 0 saturated heterocycles. The van der Waals surface area contributed by atoms with Crippen LogP contribution in [0.4, 0.5) is 5.69 Å². The summed E-state index contributed by atoms with van der Waals surface area (Å²) in [4.78, 5) is 10.5. The Bertz CT molecular complexity index is 284. The maximum Gasteiger partial charge on any atom is 0.144 e. The van der Waals surface area contributed by atoms with E-state index in [0.29, 0.717) is 5.84 Å². The van der Waals surface area contributed by atoms with E-state index in [0.717, 1.165) is 11.4 Å². The fourth-order valence-corrected chi connectivity index (χ4v) is 0.810. The molecule has 0 atom stereocenters. The molecule has 1 aromatic heterocycles. The van der Waals surface area contributed by atoms with Crippen LogP contribution in [0.15, 0.2) is 22.2 Å². The second-order valence-corrected chi connectivity index (χ2v) is 2.00. The van der Waals surface area contributed by atoms with Crippen LogP contribution < -0.4 is 5.73 Å². The first kappa shape index (κ1) is 7.53. The minimum absolute atomic E-state index is 0.442. The lowest BCUT2D eigenvalue weighted by Gasteiger charge is -1.95. The van der Waals surface area contributed by atoms with E-state index in [1.165, 1.54) is 0 Å². The third-order valence-corrected chi connectivity index (χ3v) is 1.39. The van der Waals surface area contributed by atoms with Crippen molar-refractivity contribution in [3.05, 3.63) is 18.0 Å². The van der Waals surface area contributed by atoms with Gasteiger partial charge >= 0.3 is 0 Å². The maximum absolute atomic E-state index is 5.55. The number of nitrogens with zero attached hydrogens (tertiary/aromatic N) is 2. The van der Waals surface area contributed by atoms with Gasteiger partial charge in [0.25, 0.3) is 0 Å². The summed E-state index contributed by atoms with van der Waals surface area (Å²) in [5.74, 6) is 0.442. The summed E-state index contributed by atoms with van der Waals surface area (Å²) in [6, 6.07) is 1.79. The van der Waals surface area contributed by atoms with Crippen molar-refractivity contribution < 1.29 is 0 Å². The summed E-state index contributed by atoms with van der Waals surface area (Å²) >= 11 is 0. The summed E-state index contributed by atoms with van der Waals surface area (Å²) in [7, 11) is 1.63. The van der Waals surface area contributed by atoms with Crippen molar-refractivity contribution in [1.29, 1.82) is 0 Å². The van der Waals surface area contributed by atoms with Gasteiger partial charge in [0.1, 0.15) is 11.5 Å². The molecule has 4 nitrogen and oxygen atoms in total. The van der Waals surface area contributed by atoms with E-state index >= 15 is 0 Å². The number of rotatable bonds is 2. The Labute approximate surface area is 64.9 Å². The van der Waals surface area contributed by atoms with Gasteiger partial charge in [-0.05, 0) is 12.8 Å². The minimum Gasteiger partial charge on any atom is -0.382 e. The predicted octanol–water partition coefficient (Wildman–Crippen LogP) is 0.682. The zero-order valence-electron chi connectivity index (χ0n) is 6.33. The predicted molar refractivity (Wildman–Crippen MR) is 46.7 cm³/mol. The first-order valence-corrected chi connectivity index (χ1v) is 3.16. The molecule has 1 aromatic rings. The van der Waals surface area contributed by atoms with Crippen molar-refractivity contribution in [3.8, 4) is 0 Å². The zero-order valence-corrected chi connectivity index (χ0v) is 6.33. The van der Waals surface area contributed by atoms with Crippen LogP contribution in [0.3, 0.4) is 0 Å². The number of aromatic nitrogens is 1. The Morgan fingerprint density at radius 1 is 1.73 bits per heavy atom. The molecule has 1 rings (SSSR count). The van der Waals surface area contributed by atoms with Gasteiger partial charge in [0, 0.05) is 13.2 Å². The lowest BCUT2D eigenvalue weighted by Crippen LogP contribution is -2.13. The molecule has 0 aliphatic heterocycles. The molecule has 0 radical (unpaired) electrons. The van der Waals surface area contributed by atoms with E-state index in [1.54, 1.807) is 19.3 Å². The lowest BCUT2D eigenvalue weighted by atomic mass is 10.3. The van der Waals surface area contributed by atoms with Gasteiger partial charge in [0.2, 0.25) is 0 Å². The van der Waals surface area contributed by atoms with E-state index in [2.05, 4.69) is 21.7 Å². The highest BCUT2D eigenvalue weighted by Crippen LogP contribution is 2.15. The molecule has 0 spiro atoms. The van der Waals surface area contributed by atoms with E-state index in [1.807, 2.05) is 0 Å². The molecule has 11 heavy (non-hydrogen) atoms. The number of aromatic amines is 1. The molecule has 0 bridgehead atoms. The monoisotopic (exact) mass is 150 g/mol. The molecule has 0 aromatic carbocycles. The molecular weight excluding hydrogens is 140 g/mol. The van der Waals surface area contributed by atoms with Crippen LogP contribution in [0, 0.1) is 0 Å². The van der Waals surface area contributed by atoms with Gasteiger partial charge < -0.3 is 10.7 Å². The highest BCUT2D eigenvalue weighted by atomic mass is 14.9. The molecule has 0 amide bonds. The van der Waals surface area contributed by atoms with Crippen LogP contribution in [0.5, 0.6) is 0 Å². The molecule has 0 fully saturated rings. The molecule has 3 N–H and O–H groups in total. The molecular formula is C7H10N4. The van der Waals surface area contributed by atoms with Gasteiger partial charge in [-0.15, -0.1) is 0 Å². The van der Waals surface area contributed by atoms with Gasteiger partial charge in [-0.3, -0.25) is 9.98 Å². The number of hydrogen-bond acceptors (Lipinski definition) is 2. The van der Waals surface area contributed by atoms with Crippen LogP contribution >= 0.6 is 0 Å². The zero-order chi connectivity index (χ0) is 8.27. The number of aliphatic imine (C=N–C) groups is 2. The van der Waals surface area contributed by atoms with Gasteiger partial charge in [-0.2, -0.15) is 0 Å². The topological polar surface area (TPSA) is 66.5 Å². The molecule has 0 aliphatic carbocycles. The lowest BCUT2D eigenvalue weighted by molar-refractivity contribution is 1.30. The summed E-state index contributed by atoms with van der Waals surface area (Å²) in [6.45, 7) is 3.40. The standard InChI is InChI=1S/C7H10N4/c1-9-5-3-4-11-6(5)7(8)10-2/h3-4,11H,1H2,2H3,(H2,8,10). The van der Waals surface area contributed by atoms with E-state index in [-0.39, 0.29) is 0 Å². The van der Waals surface area contributed by atoms with Crippen LogP contribution in [-0.2, 0) is 0 Å². The highest BCUT2D eigenvalue weighted by Gasteiger charge is 2.03. The molecule has 1 heterocycles. The van der Waals surface area contributed by atoms with Crippen LogP contribution in [-0.4, -0.2) is 24.6 Å². The van der Waals surface area contributed by atoms with Crippen molar-refractivity contribution in [1.82, 2.24) is 4.98 Å². The molecule has 4 heteroatoms. The average Bonchev–Trinajstić information content (AvgIpc) is 2.50. The number of amidine groups is 1. The van der Waals surface area contributed by atoms with Gasteiger partial charge in [-0.25, -0.2) is 0 Å². The van der Waals surface area contributed by atoms with Gasteiger partial charge in [0.05, 0.1) is 5.69 Å². The third kappa shape index (κ3) is 1.29. The number of hydrogen-bond donors (Lipinski definition) is 2. The highest BCUT2D eigenvalue weighted by molar-refractivity contribution is 6.00. The van der Waals surface area contributed by atoms with E-state index < -0.39 is 0 Å². The molecule has 0 unspecified atom stereocenters. The summed E-state index contributed by atoms with van der Waals surface area (Å²) in [6.07, 6.45) is 1.75.